The Labute approximate surface area is 116 Å². The molecule has 0 spiro atoms. The number of nitrogens with one attached hydrogen (secondary N) is 1. The predicted octanol–water partition coefficient (Wildman–Crippen LogP) is 2.41. The lowest BCUT2D eigenvalue weighted by molar-refractivity contribution is 0.0921. The van der Waals surface area contributed by atoms with Gasteiger partial charge in [-0.2, -0.15) is 0 Å². The van der Waals surface area contributed by atoms with Gasteiger partial charge >= 0.3 is 0 Å². The van der Waals surface area contributed by atoms with Crippen LogP contribution >= 0.6 is 0 Å². The third-order valence-corrected chi connectivity index (χ3v) is 2.97. The third-order valence-electron chi connectivity index (χ3n) is 2.97. The Hall–Kier alpha value is -2.14. The van der Waals surface area contributed by atoms with E-state index in [1.165, 1.54) is 12.1 Å². The van der Waals surface area contributed by atoms with Crippen LogP contribution in [0.3, 0.4) is 0 Å². The average Bonchev–Trinajstić information content (AvgIpc) is 2.95. The number of furan rings is 1. The number of halogens is 1. The highest BCUT2D eigenvalue weighted by atomic mass is 19.1. The second-order valence-electron chi connectivity index (χ2n) is 4.72. The Balaban J connectivity index is 2.05. The van der Waals surface area contributed by atoms with Crippen LogP contribution in [-0.4, -0.2) is 19.0 Å². The lowest BCUT2D eigenvalue weighted by Crippen LogP contribution is -2.30. The molecule has 3 N–H and O–H groups in total. The molecule has 0 fully saturated rings. The van der Waals surface area contributed by atoms with Crippen LogP contribution in [0.5, 0.6) is 0 Å². The summed E-state index contributed by atoms with van der Waals surface area (Å²) in [7, 11) is 0. The summed E-state index contributed by atoms with van der Waals surface area (Å²) in [5.41, 5.74) is 6.21. The van der Waals surface area contributed by atoms with E-state index < -0.39 is 0 Å². The van der Waals surface area contributed by atoms with E-state index in [9.17, 15) is 9.18 Å². The molecule has 1 unspecified atom stereocenters. The van der Waals surface area contributed by atoms with Crippen LogP contribution < -0.4 is 11.1 Å². The Morgan fingerprint density at radius 1 is 1.30 bits per heavy atom. The van der Waals surface area contributed by atoms with Crippen molar-refractivity contribution in [1.29, 1.82) is 0 Å². The van der Waals surface area contributed by atoms with Crippen molar-refractivity contribution in [3.63, 3.8) is 0 Å². The van der Waals surface area contributed by atoms with E-state index in [1.54, 1.807) is 24.3 Å². The fraction of sp³-hybridized carbons (Fsp3) is 0.267. The Bertz CT molecular complexity index is 578. The maximum absolute atomic E-state index is 12.8. The van der Waals surface area contributed by atoms with Gasteiger partial charge in [-0.25, -0.2) is 4.39 Å². The van der Waals surface area contributed by atoms with Gasteiger partial charge in [-0.15, -0.1) is 0 Å². The van der Waals surface area contributed by atoms with Crippen molar-refractivity contribution in [3.05, 3.63) is 48.0 Å². The standard InChI is InChI=1S/C15H17FN2O2/c1-10(8-17)9-18-15(19)14-7-6-13(20-14)11-2-4-12(16)5-3-11/h2-7,10H,8-9,17H2,1H3,(H,18,19). The van der Waals surface area contributed by atoms with E-state index in [4.69, 9.17) is 10.2 Å². The number of carbonyl (C=O) groups excluding carboxylic acids is 1. The maximum Gasteiger partial charge on any atom is 0.287 e. The van der Waals surface area contributed by atoms with E-state index in [0.717, 1.165) is 5.56 Å². The molecule has 0 saturated carbocycles. The lowest BCUT2D eigenvalue weighted by atomic mass is 10.2. The number of carbonyl (C=O) groups is 1. The van der Waals surface area contributed by atoms with Crippen LogP contribution in [0.25, 0.3) is 11.3 Å². The van der Waals surface area contributed by atoms with Crippen molar-refractivity contribution in [1.82, 2.24) is 5.32 Å². The van der Waals surface area contributed by atoms with Crippen LogP contribution in [0, 0.1) is 11.7 Å². The van der Waals surface area contributed by atoms with Gasteiger partial charge in [-0.3, -0.25) is 4.79 Å². The average molecular weight is 276 g/mol. The van der Waals surface area contributed by atoms with Gasteiger partial charge in [0.15, 0.2) is 5.76 Å². The van der Waals surface area contributed by atoms with Crippen molar-refractivity contribution in [2.45, 2.75) is 6.92 Å². The van der Waals surface area contributed by atoms with E-state index in [-0.39, 0.29) is 23.4 Å². The molecule has 0 aliphatic rings. The number of hydrogen-bond acceptors (Lipinski definition) is 3. The van der Waals surface area contributed by atoms with Crippen molar-refractivity contribution < 1.29 is 13.6 Å². The van der Waals surface area contributed by atoms with Crippen LogP contribution in [0.1, 0.15) is 17.5 Å². The molecule has 0 bridgehead atoms. The molecule has 1 amide bonds. The molecule has 0 aliphatic carbocycles. The quantitative estimate of drug-likeness (QED) is 0.881. The molecular weight excluding hydrogens is 259 g/mol. The molecule has 2 rings (SSSR count). The van der Waals surface area contributed by atoms with E-state index in [2.05, 4.69) is 5.32 Å². The molecular formula is C15H17FN2O2. The first-order chi connectivity index (χ1) is 9.60. The minimum atomic E-state index is -0.311. The Morgan fingerprint density at radius 3 is 2.65 bits per heavy atom. The summed E-state index contributed by atoms with van der Waals surface area (Å²) in [6.07, 6.45) is 0. The van der Waals surface area contributed by atoms with Gasteiger partial charge < -0.3 is 15.5 Å². The van der Waals surface area contributed by atoms with E-state index in [0.29, 0.717) is 18.8 Å². The summed E-state index contributed by atoms with van der Waals surface area (Å²) in [5.74, 6) is 0.383. The normalized spacial score (nSPS) is 12.2. The van der Waals surface area contributed by atoms with Crippen molar-refractivity contribution >= 4 is 5.91 Å². The summed E-state index contributed by atoms with van der Waals surface area (Å²) in [6.45, 7) is 2.97. The molecule has 106 valence electrons. The molecule has 1 aromatic carbocycles. The molecule has 5 heteroatoms. The molecule has 2 aromatic rings. The summed E-state index contributed by atoms with van der Waals surface area (Å²) in [5, 5.41) is 2.75. The number of amides is 1. The van der Waals surface area contributed by atoms with Crippen LogP contribution in [-0.2, 0) is 0 Å². The molecule has 1 atom stereocenters. The molecule has 0 radical (unpaired) electrons. The van der Waals surface area contributed by atoms with Crippen molar-refractivity contribution in [2.75, 3.05) is 13.1 Å². The highest BCUT2D eigenvalue weighted by Crippen LogP contribution is 2.22. The largest absolute Gasteiger partial charge is 0.451 e. The topological polar surface area (TPSA) is 68.3 Å². The molecule has 0 saturated heterocycles. The van der Waals surface area contributed by atoms with Gasteiger partial charge in [-0.1, -0.05) is 6.92 Å². The highest BCUT2D eigenvalue weighted by molar-refractivity contribution is 5.92. The first-order valence-corrected chi connectivity index (χ1v) is 6.44. The predicted molar refractivity (Wildman–Crippen MR) is 74.7 cm³/mol. The van der Waals surface area contributed by atoms with Crippen LogP contribution in [0.15, 0.2) is 40.8 Å². The zero-order valence-electron chi connectivity index (χ0n) is 11.2. The number of nitrogens with two attached hydrogens (primary N) is 1. The van der Waals surface area contributed by atoms with E-state index >= 15 is 0 Å². The van der Waals surface area contributed by atoms with Gasteiger partial charge in [-0.05, 0) is 48.9 Å². The lowest BCUT2D eigenvalue weighted by Gasteiger charge is -2.08. The zero-order valence-corrected chi connectivity index (χ0v) is 11.2. The number of rotatable bonds is 5. The van der Waals surface area contributed by atoms with Gasteiger partial charge in [0.25, 0.3) is 5.91 Å². The number of benzene rings is 1. The Morgan fingerprint density at radius 2 is 2.00 bits per heavy atom. The zero-order chi connectivity index (χ0) is 14.5. The summed E-state index contributed by atoms with van der Waals surface area (Å²) >= 11 is 0. The smallest absolute Gasteiger partial charge is 0.287 e. The minimum absolute atomic E-state index is 0.213. The fourth-order valence-corrected chi connectivity index (χ4v) is 1.67. The second-order valence-corrected chi connectivity index (χ2v) is 4.72. The molecule has 1 heterocycles. The molecule has 4 nitrogen and oxygen atoms in total. The Kier molecular flexibility index (Phi) is 4.53. The molecule has 1 aromatic heterocycles. The van der Waals surface area contributed by atoms with Crippen molar-refractivity contribution in [3.8, 4) is 11.3 Å². The van der Waals surface area contributed by atoms with Gasteiger partial charge in [0.05, 0.1) is 0 Å². The van der Waals surface area contributed by atoms with Gasteiger partial charge in [0.2, 0.25) is 0 Å². The van der Waals surface area contributed by atoms with Crippen LogP contribution in [0.2, 0.25) is 0 Å². The van der Waals surface area contributed by atoms with Crippen LogP contribution in [0.4, 0.5) is 4.39 Å². The maximum atomic E-state index is 12.8. The molecule has 20 heavy (non-hydrogen) atoms. The molecule has 0 aliphatic heterocycles. The third kappa shape index (κ3) is 3.45. The minimum Gasteiger partial charge on any atom is -0.451 e. The summed E-state index contributed by atoms with van der Waals surface area (Å²) in [6, 6.07) is 9.19. The SMILES string of the molecule is CC(CN)CNC(=O)c1ccc(-c2ccc(F)cc2)o1. The van der Waals surface area contributed by atoms with Gasteiger partial charge in [0, 0.05) is 12.1 Å². The monoisotopic (exact) mass is 276 g/mol. The summed E-state index contributed by atoms with van der Waals surface area (Å²) in [4.78, 5) is 11.9. The van der Waals surface area contributed by atoms with E-state index in [1.807, 2.05) is 6.92 Å². The number of hydrogen-bond donors (Lipinski definition) is 2. The fourth-order valence-electron chi connectivity index (χ4n) is 1.67. The summed E-state index contributed by atoms with van der Waals surface area (Å²) < 4.78 is 18.3. The van der Waals surface area contributed by atoms with Gasteiger partial charge in [0.1, 0.15) is 11.6 Å². The first kappa shape index (κ1) is 14.3. The highest BCUT2D eigenvalue weighted by Gasteiger charge is 2.12. The second kappa shape index (κ2) is 6.34. The first-order valence-electron chi connectivity index (χ1n) is 6.44. The van der Waals surface area contributed by atoms with Crippen molar-refractivity contribution in [2.24, 2.45) is 11.7 Å².